The number of fused-ring (bicyclic) bond motifs is 1. The average molecular weight is 501 g/mol. The molecule has 0 bridgehead atoms. The molecular formula is C29H32N4O4. The number of aromatic amines is 1. The minimum Gasteiger partial charge on any atom is -0.376 e. The maximum absolute atomic E-state index is 14.0. The lowest BCUT2D eigenvalue weighted by Crippen LogP contribution is -2.33. The number of carbonyl (C=O) groups is 1. The van der Waals surface area contributed by atoms with E-state index in [0.29, 0.717) is 17.4 Å². The van der Waals surface area contributed by atoms with Crippen molar-refractivity contribution in [2.24, 2.45) is 5.92 Å². The molecule has 6 rings (SSSR count). The number of carbonyl (C=O) groups excluding carboxylic acids is 1. The van der Waals surface area contributed by atoms with Crippen molar-refractivity contribution in [2.75, 3.05) is 18.6 Å². The van der Waals surface area contributed by atoms with Gasteiger partial charge >= 0.3 is 5.76 Å². The summed E-state index contributed by atoms with van der Waals surface area (Å²) in [7, 11) is 1.79. The van der Waals surface area contributed by atoms with E-state index in [2.05, 4.69) is 53.7 Å². The number of hydrogen-bond donors (Lipinski definition) is 1. The van der Waals surface area contributed by atoms with Gasteiger partial charge in [-0.25, -0.2) is 4.79 Å². The molecule has 1 aliphatic heterocycles. The highest BCUT2D eigenvalue weighted by Gasteiger charge is 2.59. The number of rotatable bonds is 5. The summed E-state index contributed by atoms with van der Waals surface area (Å²) in [4.78, 5) is 30.3. The zero-order chi connectivity index (χ0) is 25.9. The first-order chi connectivity index (χ1) is 17.7. The molecule has 1 N–H and O–H groups in total. The Hall–Kier alpha value is -3.65. The molecule has 2 aliphatic rings. The number of aromatic nitrogens is 3. The van der Waals surface area contributed by atoms with Crippen LogP contribution in [0.4, 0.5) is 5.69 Å². The fraction of sp³-hybridized carbons (Fsp3) is 0.414. The van der Waals surface area contributed by atoms with Crippen molar-refractivity contribution >= 4 is 22.5 Å². The molecule has 1 unspecified atom stereocenters. The first-order valence-electron chi connectivity index (χ1n) is 12.9. The van der Waals surface area contributed by atoms with Crippen LogP contribution in [0.25, 0.3) is 10.9 Å². The molecule has 8 nitrogen and oxygen atoms in total. The van der Waals surface area contributed by atoms with Crippen LogP contribution in [0.5, 0.6) is 0 Å². The van der Waals surface area contributed by atoms with E-state index in [1.807, 2.05) is 36.4 Å². The standard InChI is InChI=1S/C29H32N4O4/c1-18-16-29(18,26-30-27(35)37-31-26)33-23-11-10-19(20-12-13-36-28(2,3)17-20)14-21(23)15-24(33)25(34)32(4)22-8-6-5-7-9-22/h5-11,14-15,18,20H,12-13,16-17H2,1-4H3,(H,30,31,35)/t18-,20?,29-/m1/s1. The Labute approximate surface area is 215 Å². The van der Waals surface area contributed by atoms with Gasteiger partial charge in [-0.15, -0.1) is 0 Å². The smallest absolute Gasteiger partial charge is 0.376 e. The normalized spacial score (nSPS) is 24.8. The van der Waals surface area contributed by atoms with Gasteiger partial charge in [-0.3, -0.25) is 14.3 Å². The Morgan fingerprint density at radius 1 is 1.14 bits per heavy atom. The third kappa shape index (κ3) is 3.91. The molecule has 0 radical (unpaired) electrons. The second kappa shape index (κ2) is 8.45. The predicted molar refractivity (Wildman–Crippen MR) is 141 cm³/mol. The summed E-state index contributed by atoms with van der Waals surface area (Å²) in [6, 6.07) is 18.1. The summed E-state index contributed by atoms with van der Waals surface area (Å²) >= 11 is 0. The summed E-state index contributed by atoms with van der Waals surface area (Å²) in [5, 5.41) is 5.07. The summed E-state index contributed by atoms with van der Waals surface area (Å²) in [5.74, 6) is 0.287. The lowest BCUT2D eigenvalue weighted by Gasteiger charge is -2.35. The number of nitrogens with one attached hydrogen (secondary N) is 1. The fourth-order valence-corrected chi connectivity index (χ4v) is 6.10. The Bertz CT molecular complexity index is 1530. The summed E-state index contributed by atoms with van der Waals surface area (Å²) in [6.45, 7) is 7.12. The van der Waals surface area contributed by atoms with E-state index in [1.54, 1.807) is 11.9 Å². The Morgan fingerprint density at radius 3 is 2.54 bits per heavy atom. The highest BCUT2D eigenvalue weighted by Crippen LogP contribution is 2.56. The molecule has 37 heavy (non-hydrogen) atoms. The summed E-state index contributed by atoms with van der Waals surface area (Å²) in [5.41, 5.74) is 2.74. The molecule has 3 heterocycles. The lowest BCUT2D eigenvalue weighted by atomic mass is 9.83. The average Bonchev–Trinajstić information content (AvgIpc) is 3.19. The van der Waals surface area contributed by atoms with Crippen LogP contribution in [0, 0.1) is 5.92 Å². The molecule has 4 aromatic rings. The third-order valence-electron chi connectivity index (χ3n) is 8.18. The number of H-pyrrole nitrogens is 1. The molecule has 2 aromatic carbocycles. The van der Waals surface area contributed by atoms with E-state index >= 15 is 0 Å². The first-order valence-corrected chi connectivity index (χ1v) is 12.9. The van der Waals surface area contributed by atoms with Crippen molar-refractivity contribution < 1.29 is 14.1 Å². The van der Waals surface area contributed by atoms with Gasteiger partial charge in [0.05, 0.1) is 5.60 Å². The van der Waals surface area contributed by atoms with Crippen LogP contribution in [-0.4, -0.2) is 39.9 Å². The fourth-order valence-electron chi connectivity index (χ4n) is 6.10. The van der Waals surface area contributed by atoms with E-state index in [1.165, 1.54) is 5.56 Å². The number of nitrogens with zero attached hydrogens (tertiary/aromatic N) is 3. The topological polar surface area (TPSA) is 93.4 Å². The number of hydrogen-bond acceptors (Lipinski definition) is 5. The van der Waals surface area contributed by atoms with Crippen LogP contribution >= 0.6 is 0 Å². The molecular weight excluding hydrogens is 468 g/mol. The van der Waals surface area contributed by atoms with Crippen molar-refractivity contribution in [1.82, 2.24) is 14.7 Å². The van der Waals surface area contributed by atoms with Gasteiger partial charge in [0.25, 0.3) is 5.91 Å². The van der Waals surface area contributed by atoms with Gasteiger partial charge < -0.3 is 14.2 Å². The molecule has 3 atom stereocenters. The second-order valence-electron chi connectivity index (χ2n) is 11.2. The highest BCUT2D eigenvalue weighted by molar-refractivity contribution is 6.08. The third-order valence-corrected chi connectivity index (χ3v) is 8.18. The van der Waals surface area contributed by atoms with E-state index in [9.17, 15) is 9.59 Å². The van der Waals surface area contributed by atoms with Gasteiger partial charge in [0, 0.05) is 30.2 Å². The lowest BCUT2D eigenvalue weighted by molar-refractivity contribution is -0.0592. The maximum atomic E-state index is 14.0. The van der Waals surface area contributed by atoms with Crippen LogP contribution in [0.15, 0.2) is 63.9 Å². The number of amides is 1. The monoisotopic (exact) mass is 500 g/mol. The summed E-state index contributed by atoms with van der Waals surface area (Å²) in [6.07, 6.45) is 2.66. The quantitative estimate of drug-likeness (QED) is 0.414. The molecule has 2 aromatic heterocycles. The van der Waals surface area contributed by atoms with Gasteiger partial charge in [0.2, 0.25) is 0 Å². The number of ether oxygens (including phenoxy) is 1. The Kier molecular flexibility index (Phi) is 5.42. The molecule has 1 amide bonds. The van der Waals surface area contributed by atoms with Gasteiger partial charge in [-0.05, 0) is 80.8 Å². The zero-order valence-electron chi connectivity index (χ0n) is 21.7. The van der Waals surface area contributed by atoms with E-state index in [0.717, 1.165) is 42.5 Å². The van der Waals surface area contributed by atoms with Crippen LogP contribution in [0.1, 0.15) is 67.8 Å². The van der Waals surface area contributed by atoms with Crippen molar-refractivity contribution in [1.29, 1.82) is 0 Å². The molecule has 1 aliphatic carbocycles. The maximum Gasteiger partial charge on any atom is 0.438 e. The van der Waals surface area contributed by atoms with E-state index in [-0.39, 0.29) is 17.4 Å². The van der Waals surface area contributed by atoms with Crippen molar-refractivity contribution in [3.63, 3.8) is 0 Å². The van der Waals surface area contributed by atoms with E-state index < -0.39 is 11.3 Å². The SMILES string of the molecule is C[C@@H]1C[C@@]1(c1noc(=O)[nH]1)n1c(C(=O)N(C)c2ccccc2)cc2cc(C3CCOC(C)(C)C3)ccc21. The summed E-state index contributed by atoms with van der Waals surface area (Å²) < 4.78 is 12.9. The Morgan fingerprint density at radius 2 is 1.89 bits per heavy atom. The van der Waals surface area contributed by atoms with Crippen LogP contribution in [0.3, 0.4) is 0 Å². The van der Waals surface area contributed by atoms with E-state index in [4.69, 9.17) is 9.26 Å². The van der Waals surface area contributed by atoms with Crippen LogP contribution in [-0.2, 0) is 10.3 Å². The first kappa shape index (κ1) is 23.7. The molecule has 192 valence electrons. The predicted octanol–water partition coefficient (Wildman–Crippen LogP) is 5.05. The van der Waals surface area contributed by atoms with Gasteiger partial charge in [0.1, 0.15) is 11.2 Å². The molecule has 8 heteroatoms. The van der Waals surface area contributed by atoms with Crippen molar-refractivity contribution in [3.8, 4) is 0 Å². The minimum absolute atomic E-state index is 0.125. The highest BCUT2D eigenvalue weighted by atomic mass is 16.5. The van der Waals surface area contributed by atoms with Crippen LogP contribution < -0.4 is 10.7 Å². The minimum atomic E-state index is -0.654. The van der Waals surface area contributed by atoms with Gasteiger partial charge in [-0.2, -0.15) is 0 Å². The van der Waals surface area contributed by atoms with Crippen LogP contribution in [0.2, 0.25) is 0 Å². The van der Waals surface area contributed by atoms with Crippen molar-refractivity contribution in [2.45, 2.75) is 57.1 Å². The molecule has 0 spiro atoms. The Balaban J connectivity index is 1.51. The van der Waals surface area contributed by atoms with Crippen molar-refractivity contribution in [3.05, 3.63) is 82.2 Å². The number of anilines is 1. The number of para-hydroxylation sites is 1. The second-order valence-corrected chi connectivity index (χ2v) is 11.2. The van der Waals surface area contributed by atoms with Gasteiger partial charge in [0.15, 0.2) is 5.82 Å². The molecule has 1 saturated carbocycles. The zero-order valence-corrected chi connectivity index (χ0v) is 21.7. The number of benzene rings is 2. The largest absolute Gasteiger partial charge is 0.438 e. The molecule has 1 saturated heterocycles. The van der Waals surface area contributed by atoms with Gasteiger partial charge in [-0.1, -0.05) is 36.3 Å². The molecule has 2 fully saturated rings.